The number of aromatic nitrogens is 2. The summed E-state index contributed by atoms with van der Waals surface area (Å²) < 4.78 is 34.8. The lowest BCUT2D eigenvalue weighted by Crippen LogP contribution is -2.45. The Balaban J connectivity index is 1.45. The van der Waals surface area contributed by atoms with E-state index in [2.05, 4.69) is 22.5 Å². The van der Waals surface area contributed by atoms with Crippen LogP contribution in [0.3, 0.4) is 0 Å². The summed E-state index contributed by atoms with van der Waals surface area (Å²) in [6.07, 6.45) is 1.13. The minimum atomic E-state index is -3.79. The lowest BCUT2D eigenvalue weighted by molar-refractivity contribution is -0.124. The molecular formula is C25H30N4O4S. The molecule has 2 heterocycles. The van der Waals surface area contributed by atoms with Crippen LogP contribution in [-0.2, 0) is 27.9 Å². The van der Waals surface area contributed by atoms with Crippen molar-refractivity contribution < 1.29 is 17.9 Å². The van der Waals surface area contributed by atoms with E-state index < -0.39 is 16.1 Å². The molecule has 1 fully saturated rings. The van der Waals surface area contributed by atoms with Gasteiger partial charge in [-0.25, -0.2) is 8.42 Å². The van der Waals surface area contributed by atoms with Gasteiger partial charge in [0.2, 0.25) is 15.9 Å². The van der Waals surface area contributed by atoms with Gasteiger partial charge in [0, 0.05) is 24.3 Å². The first-order valence-electron chi connectivity index (χ1n) is 11.3. The van der Waals surface area contributed by atoms with Gasteiger partial charge in [-0.15, -0.1) is 0 Å². The molecule has 9 heteroatoms. The van der Waals surface area contributed by atoms with Crippen LogP contribution in [0.1, 0.15) is 35.4 Å². The number of nitrogens with one attached hydrogen (secondary N) is 1. The van der Waals surface area contributed by atoms with E-state index in [1.807, 2.05) is 36.7 Å². The predicted molar refractivity (Wildman–Crippen MR) is 129 cm³/mol. The summed E-state index contributed by atoms with van der Waals surface area (Å²) in [4.78, 5) is 13.2. The van der Waals surface area contributed by atoms with Crippen LogP contribution in [0.4, 0.5) is 0 Å². The maximum absolute atomic E-state index is 13.2. The molecule has 0 aliphatic carbocycles. The van der Waals surface area contributed by atoms with Crippen LogP contribution >= 0.6 is 0 Å². The molecule has 2 aromatic carbocycles. The Kier molecular flexibility index (Phi) is 7.04. The minimum absolute atomic E-state index is 0.155. The number of ether oxygens (including phenoxy) is 1. The molecule has 4 rings (SSSR count). The van der Waals surface area contributed by atoms with E-state index in [0.29, 0.717) is 38.2 Å². The normalized spacial score (nSPS) is 16.5. The van der Waals surface area contributed by atoms with E-state index in [1.165, 1.54) is 23.5 Å². The average Bonchev–Trinajstić information content (AvgIpc) is 3.44. The van der Waals surface area contributed by atoms with Crippen LogP contribution < -0.4 is 10.1 Å². The third kappa shape index (κ3) is 4.85. The van der Waals surface area contributed by atoms with Crippen molar-refractivity contribution in [3.8, 4) is 5.75 Å². The van der Waals surface area contributed by atoms with Crippen LogP contribution in [0.25, 0.3) is 0 Å². The van der Waals surface area contributed by atoms with Crippen LogP contribution in [0.2, 0.25) is 0 Å². The van der Waals surface area contributed by atoms with Crippen molar-refractivity contribution in [1.82, 2.24) is 19.4 Å². The first-order valence-corrected chi connectivity index (χ1v) is 12.8. The smallest absolute Gasteiger partial charge is 0.243 e. The molecule has 3 aromatic rings. The Morgan fingerprint density at radius 3 is 2.50 bits per heavy atom. The first-order chi connectivity index (χ1) is 16.3. The molecule has 8 nitrogen and oxygen atoms in total. The van der Waals surface area contributed by atoms with Crippen LogP contribution in [0.5, 0.6) is 5.75 Å². The molecule has 1 aliphatic rings. The van der Waals surface area contributed by atoms with Gasteiger partial charge in [0.1, 0.15) is 11.8 Å². The second kappa shape index (κ2) is 9.99. The fourth-order valence-electron chi connectivity index (χ4n) is 4.37. The Morgan fingerprint density at radius 2 is 1.82 bits per heavy atom. The Morgan fingerprint density at radius 1 is 1.12 bits per heavy atom. The summed E-state index contributed by atoms with van der Waals surface area (Å²) in [6, 6.07) is 15.6. The highest BCUT2D eigenvalue weighted by Gasteiger charge is 2.39. The van der Waals surface area contributed by atoms with E-state index in [4.69, 9.17) is 4.74 Å². The largest absolute Gasteiger partial charge is 0.497 e. The monoisotopic (exact) mass is 482 g/mol. The van der Waals surface area contributed by atoms with Gasteiger partial charge < -0.3 is 10.1 Å². The number of methoxy groups -OCH3 is 1. The van der Waals surface area contributed by atoms with Crippen molar-refractivity contribution >= 4 is 15.9 Å². The molecule has 1 N–H and O–H groups in total. The molecule has 180 valence electrons. The van der Waals surface area contributed by atoms with E-state index >= 15 is 0 Å². The number of rotatable bonds is 8. The molecule has 1 aromatic heterocycles. The molecular weight excluding hydrogens is 452 g/mol. The Hall–Kier alpha value is -3.17. The van der Waals surface area contributed by atoms with Crippen molar-refractivity contribution in [2.24, 2.45) is 0 Å². The zero-order chi connectivity index (χ0) is 24.3. The first kappa shape index (κ1) is 24.0. The predicted octanol–water partition coefficient (Wildman–Crippen LogP) is 3.03. The van der Waals surface area contributed by atoms with Gasteiger partial charge in [0.15, 0.2) is 0 Å². The number of benzene rings is 2. The van der Waals surface area contributed by atoms with Gasteiger partial charge in [0.25, 0.3) is 0 Å². The van der Waals surface area contributed by atoms with Gasteiger partial charge >= 0.3 is 0 Å². The van der Waals surface area contributed by atoms with Gasteiger partial charge in [-0.05, 0) is 56.5 Å². The summed E-state index contributed by atoms with van der Waals surface area (Å²) >= 11 is 0. The molecule has 0 bridgehead atoms. The van der Waals surface area contributed by atoms with E-state index in [9.17, 15) is 13.2 Å². The summed E-state index contributed by atoms with van der Waals surface area (Å²) in [5, 5.41) is 7.59. The molecule has 1 amide bonds. The van der Waals surface area contributed by atoms with Gasteiger partial charge in [0.05, 0.1) is 24.2 Å². The zero-order valence-corrected chi connectivity index (χ0v) is 20.5. The number of sulfonamides is 1. The summed E-state index contributed by atoms with van der Waals surface area (Å²) in [5.74, 6) is 0.289. The van der Waals surface area contributed by atoms with Gasteiger partial charge in [-0.1, -0.05) is 30.3 Å². The van der Waals surface area contributed by atoms with Crippen molar-refractivity contribution in [2.75, 3.05) is 13.7 Å². The molecule has 0 unspecified atom stereocenters. The maximum Gasteiger partial charge on any atom is 0.243 e. The second-order valence-electron chi connectivity index (χ2n) is 8.46. The molecule has 34 heavy (non-hydrogen) atoms. The molecule has 0 radical (unpaired) electrons. The number of hydrogen-bond donors (Lipinski definition) is 1. The van der Waals surface area contributed by atoms with E-state index in [1.54, 1.807) is 12.1 Å². The number of carbonyl (C=O) groups is 1. The quantitative estimate of drug-likeness (QED) is 0.533. The highest BCUT2D eigenvalue weighted by Crippen LogP contribution is 2.27. The van der Waals surface area contributed by atoms with Gasteiger partial charge in [-0.2, -0.15) is 9.40 Å². The van der Waals surface area contributed by atoms with E-state index in [0.717, 1.165) is 22.5 Å². The topological polar surface area (TPSA) is 93.5 Å². The molecule has 0 saturated carbocycles. The standard InChI is InChI=1S/C25H30N4O4S/c1-18-23(19(2)28(27-18)17-20-8-5-4-6-9-20)16-26-25(30)24-10-7-15-29(24)34(31,32)22-13-11-21(33-3)12-14-22/h4-6,8-9,11-14,24H,7,10,15-17H2,1-3H3,(H,26,30)/t24-/m0/s1. The van der Waals surface area contributed by atoms with Gasteiger partial charge in [-0.3, -0.25) is 9.48 Å². The maximum atomic E-state index is 13.2. The molecule has 1 saturated heterocycles. The molecule has 1 atom stereocenters. The van der Waals surface area contributed by atoms with Crippen LogP contribution in [0, 0.1) is 13.8 Å². The number of amides is 1. The number of carbonyl (C=O) groups excluding carboxylic acids is 1. The summed E-state index contributed by atoms with van der Waals surface area (Å²) in [6.45, 7) is 5.18. The lowest BCUT2D eigenvalue weighted by Gasteiger charge is -2.23. The number of nitrogens with zero attached hydrogens (tertiary/aromatic N) is 3. The van der Waals surface area contributed by atoms with Crippen molar-refractivity contribution in [3.63, 3.8) is 0 Å². The van der Waals surface area contributed by atoms with Crippen LogP contribution in [-0.4, -0.2) is 48.1 Å². The SMILES string of the molecule is COc1ccc(S(=O)(=O)N2CCC[C@H]2C(=O)NCc2c(C)nn(Cc3ccccc3)c2C)cc1. The summed E-state index contributed by atoms with van der Waals surface area (Å²) in [7, 11) is -2.26. The summed E-state index contributed by atoms with van der Waals surface area (Å²) in [5.41, 5.74) is 3.93. The highest BCUT2D eigenvalue weighted by atomic mass is 32.2. The number of aryl methyl sites for hydroxylation is 1. The van der Waals surface area contributed by atoms with Crippen LogP contribution in [0.15, 0.2) is 59.5 Å². The third-order valence-electron chi connectivity index (χ3n) is 6.32. The minimum Gasteiger partial charge on any atom is -0.497 e. The third-order valence-corrected chi connectivity index (χ3v) is 8.24. The highest BCUT2D eigenvalue weighted by molar-refractivity contribution is 7.89. The zero-order valence-electron chi connectivity index (χ0n) is 19.7. The second-order valence-corrected chi connectivity index (χ2v) is 10.4. The molecule has 0 spiro atoms. The van der Waals surface area contributed by atoms with Crippen molar-refractivity contribution in [2.45, 2.75) is 50.7 Å². The fourth-order valence-corrected chi connectivity index (χ4v) is 6.02. The lowest BCUT2D eigenvalue weighted by atomic mass is 10.1. The Bertz CT molecular complexity index is 1250. The van der Waals surface area contributed by atoms with E-state index in [-0.39, 0.29) is 10.8 Å². The average molecular weight is 483 g/mol. The van der Waals surface area contributed by atoms with Crippen molar-refractivity contribution in [3.05, 3.63) is 77.1 Å². The Labute approximate surface area is 200 Å². The fraction of sp³-hybridized carbons (Fsp3) is 0.360. The van der Waals surface area contributed by atoms with Crippen molar-refractivity contribution in [1.29, 1.82) is 0 Å². The molecule has 1 aliphatic heterocycles. The number of hydrogen-bond acceptors (Lipinski definition) is 5.